The van der Waals surface area contributed by atoms with Gasteiger partial charge in [-0.25, -0.2) is 5.43 Å². The van der Waals surface area contributed by atoms with Gasteiger partial charge in [0, 0.05) is 5.39 Å². The molecule has 3 aromatic rings. The Morgan fingerprint density at radius 1 is 1.17 bits per heavy atom. The zero-order valence-corrected chi connectivity index (χ0v) is 14.9. The van der Waals surface area contributed by atoms with Crippen LogP contribution in [0.2, 0.25) is 10.0 Å². The van der Waals surface area contributed by atoms with Crippen molar-refractivity contribution < 1.29 is 9.53 Å². The average molecular weight is 379 g/mol. The van der Waals surface area contributed by atoms with E-state index in [2.05, 4.69) is 10.5 Å². The smallest absolute Gasteiger partial charge is 0.283 e. The summed E-state index contributed by atoms with van der Waals surface area (Å²) in [6.07, 6.45) is 1.56. The zero-order valence-electron chi connectivity index (χ0n) is 12.5. The first-order valence-electron chi connectivity index (χ1n) is 6.94. The van der Waals surface area contributed by atoms with E-state index in [-0.39, 0.29) is 5.91 Å². The van der Waals surface area contributed by atoms with E-state index in [4.69, 9.17) is 27.9 Å². The Balaban J connectivity index is 1.86. The highest BCUT2D eigenvalue weighted by Crippen LogP contribution is 2.42. The zero-order chi connectivity index (χ0) is 17.1. The Hall–Kier alpha value is -2.08. The fourth-order valence-corrected chi connectivity index (χ4v) is 3.92. The van der Waals surface area contributed by atoms with Crippen molar-refractivity contribution >= 4 is 56.7 Å². The van der Waals surface area contributed by atoms with Crippen LogP contribution in [0.15, 0.2) is 47.6 Å². The number of hydrazone groups is 1. The summed E-state index contributed by atoms with van der Waals surface area (Å²) < 4.78 is 5.89. The van der Waals surface area contributed by atoms with Crippen LogP contribution in [0, 0.1) is 0 Å². The Labute approximate surface area is 152 Å². The van der Waals surface area contributed by atoms with E-state index in [9.17, 15) is 4.79 Å². The van der Waals surface area contributed by atoms with Crippen molar-refractivity contribution in [2.24, 2.45) is 5.10 Å². The van der Waals surface area contributed by atoms with E-state index in [1.54, 1.807) is 18.3 Å². The lowest BCUT2D eigenvalue weighted by atomic mass is 10.2. The van der Waals surface area contributed by atoms with Crippen molar-refractivity contribution in [1.29, 1.82) is 0 Å². The largest absolute Gasteiger partial charge is 0.495 e. The minimum atomic E-state index is -0.386. The third-order valence-corrected chi connectivity index (χ3v) is 5.52. The first-order chi connectivity index (χ1) is 11.6. The molecule has 0 unspecified atom stereocenters. The molecule has 0 aliphatic heterocycles. The highest BCUT2D eigenvalue weighted by Gasteiger charge is 2.20. The maximum Gasteiger partial charge on any atom is 0.283 e. The predicted octanol–water partition coefficient (Wildman–Crippen LogP) is 4.98. The number of carbonyl (C=O) groups is 1. The summed E-state index contributed by atoms with van der Waals surface area (Å²) >= 11 is 13.8. The number of ether oxygens (including phenoxy) is 1. The van der Waals surface area contributed by atoms with E-state index >= 15 is 0 Å². The number of thiophene rings is 1. The number of rotatable bonds is 4. The van der Waals surface area contributed by atoms with Gasteiger partial charge in [-0.3, -0.25) is 4.79 Å². The van der Waals surface area contributed by atoms with Gasteiger partial charge in [-0.15, -0.1) is 11.3 Å². The Bertz CT molecular complexity index is 923. The van der Waals surface area contributed by atoms with Crippen molar-refractivity contribution in [3.8, 4) is 5.75 Å². The van der Waals surface area contributed by atoms with E-state index < -0.39 is 0 Å². The molecule has 1 heterocycles. The molecule has 0 aliphatic carbocycles. The molecule has 24 heavy (non-hydrogen) atoms. The number of fused-ring (bicyclic) bond motifs is 1. The van der Waals surface area contributed by atoms with Crippen LogP contribution in [0.1, 0.15) is 15.2 Å². The lowest BCUT2D eigenvalue weighted by molar-refractivity contribution is 0.0959. The quantitative estimate of drug-likeness (QED) is 0.513. The molecule has 7 heteroatoms. The second-order valence-electron chi connectivity index (χ2n) is 4.81. The fourth-order valence-electron chi connectivity index (χ4n) is 2.14. The maximum atomic E-state index is 12.3. The molecule has 122 valence electrons. The van der Waals surface area contributed by atoms with Crippen LogP contribution in [-0.4, -0.2) is 19.2 Å². The highest BCUT2D eigenvalue weighted by atomic mass is 35.5. The van der Waals surface area contributed by atoms with Gasteiger partial charge in [-0.2, -0.15) is 5.10 Å². The molecular weight excluding hydrogens is 367 g/mol. The van der Waals surface area contributed by atoms with Crippen LogP contribution < -0.4 is 10.2 Å². The van der Waals surface area contributed by atoms with E-state index in [0.29, 0.717) is 30.8 Å². The van der Waals surface area contributed by atoms with Crippen LogP contribution in [0.4, 0.5) is 0 Å². The van der Waals surface area contributed by atoms with Gasteiger partial charge in [0.05, 0.1) is 23.0 Å². The molecule has 0 bridgehead atoms. The minimum absolute atomic E-state index is 0.354. The molecule has 0 fully saturated rings. The molecule has 1 amide bonds. The normalized spacial score (nSPS) is 11.1. The molecule has 2 aromatic carbocycles. The van der Waals surface area contributed by atoms with Gasteiger partial charge >= 0.3 is 0 Å². The molecule has 0 saturated carbocycles. The maximum absolute atomic E-state index is 12.3. The number of nitrogens with one attached hydrogen (secondary N) is 1. The van der Waals surface area contributed by atoms with Crippen molar-refractivity contribution in [2.45, 2.75) is 0 Å². The van der Waals surface area contributed by atoms with Gasteiger partial charge in [-0.1, -0.05) is 53.5 Å². The predicted molar refractivity (Wildman–Crippen MR) is 99.9 cm³/mol. The summed E-state index contributed by atoms with van der Waals surface area (Å²) in [6.45, 7) is 0. The second-order valence-corrected chi connectivity index (χ2v) is 6.59. The molecule has 0 saturated heterocycles. The first kappa shape index (κ1) is 16.8. The molecule has 0 radical (unpaired) electrons. The lowest BCUT2D eigenvalue weighted by Crippen LogP contribution is -2.16. The van der Waals surface area contributed by atoms with Crippen molar-refractivity contribution in [3.63, 3.8) is 0 Å². The molecule has 4 nitrogen and oxygen atoms in total. The molecule has 3 rings (SSSR count). The summed E-state index contributed by atoms with van der Waals surface area (Å²) in [7, 11) is 1.54. The molecule has 0 aliphatic rings. The van der Waals surface area contributed by atoms with Crippen LogP contribution >= 0.6 is 34.5 Å². The van der Waals surface area contributed by atoms with Gasteiger partial charge in [0.25, 0.3) is 5.91 Å². The van der Waals surface area contributed by atoms with Crippen LogP contribution in [0.25, 0.3) is 10.1 Å². The summed E-state index contributed by atoms with van der Waals surface area (Å²) in [4.78, 5) is 12.7. The first-order valence-corrected chi connectivity index (χ1v) is 8.52. The van der Waals surface area contributed by atoms with Crippen molar-refractivity contribution in [3.05, 3.63) is 63.0 Å². The number of methoxy groups -OCH3 is 1. The lowest BCUT2D eigenvalue weighted by Gasteiger charge is -2.02. The van der Waals surface area contributed by atoms with Gasteiger partial charge in [-0.05, 0) is 17.7 Å². The van der Waals surface area contributed by atoms with Gasteiger partial charge in [0.1, 0.15) is 15.6 Å². The number of hydrogen-bond donors (Lipinski definition) is 1. The van der Waals surface area contributed by atoms with Gasteiger partial charge in [0.15, 0.2) is 0 Å². The molecule has 0 atom stereocenters. The Kier molecular flexibility index (Phi) is 5.04. The minimum Gasteiger partial charge on any atom is -0.495 e. The molecule has 1 aromatic heterocycles. The van der Waals surface area contributed by atoms with E-state index in [0.717, 1.165) is 5.56 Å². The SMILES string of the molecule is COc1ccc2c(Cl)c(C(=O)N/N=C/c3ccccc3)sc2c1Cl. The number of benzene rings is 2. The standard InChI is InChI=1S/C17H12Cl2N2O2S/c1-23-12-8-7-11-13(18)16(24-15(11)14(12)19)17(22)21-20-9-10-5-3-2-4-6-10/h2-9H,1H3,(H,21,22)/b20-9+. The summed E-state index contributed by atoms with van der Waals surface area (Å²) in [5.74, 6) is 0.152. The highest BCUT2D eigenvalue weighted by molar-refractivity contribution is 7.22. The van der Waals surface area contributed by atoms with E-state index in [1.807, 2.05) is 30.3 Å². The summed E-state index contributed by atoms with van der Waals surface area (Å²) in [6, 6.07) is 13.0. The van der Waals surface area contributed by atoms with Crippen molar-refractivity contribution in [2.75, 3.05) is 7.11 Å². The topological polar surface area (TPSA) is 50.7 Å². The number of hydrogen-bond acceptors (Lipinski definition) is 4. The molecule has 0 spiro atoms. The summed E-state index contributed by atoms with van der Waals surface area (Å²) in [5.41, 5.74) is 3.36. The average Bonchev–Trinajstić information content (AvgIpc) is 2.94. The number of amides is 1. The fraction of sp³-hybridized carbons (Fsp3) is 0.0588. The second kappa shape index (κ2) is 7.21. The molecule has 1 N–H and O–H groups in total. The third kappa shape index (κ3) is 3.24. The van der Waals surface area contributed by atoms with Crippen LogP contribution in [-0.2, 0) is 0 Å². The molecular formula is C17H12Cl2N2O2S. The third-order valence-electron chi connectivity index (χ3n) is 3.31. The van der Waals surface area contributed by atoms with Crippen molar-refractivity contribution in [1.82, 2.24) is 5.43 Å². The number of nitrogens with zero attached hydrogens (tertiary/aromatic N) is 1. The van der Waals surface area contributed by atoms with Gasteiger partial charge < -0.3 is 4.74 Å². The van der Waals surface area contributed by atoms with Gasteiger partial charge in [0.2, 0.25) is 0 Å². The summed E-state index contributed by atoms with van der Waals surface area (Å²) in [5, 5.41) is 5.46. The van der Waals surface area contributed by atoms with Crippen LogP contribution in [0.5, 0.6) is 5.75 Å². The monoisotopic (exact) mass is 378 g/mol. The number of carbonyl (C=O) groups excluding carboxylic acids is 1. The Morgan fingerprint density at radius 3 is 2.62 bits per heavy atom. The van der Waals surface area contributed by atoms with E-state index in [1.165, 1.54) is 18.4 Å². The van der Waals surface area contributed by atoms with Crippen LogP contribution in [0.3, 0.4) is 0 Å². The number of halogens is 2. The Morgan fingerprint density at radius 2 is 1.92 bits per heavy atom.